The van der Waals surface area contributed by atoms with Crippen molar-refractivity contribution in [2.75, 3.05) is 30.9 Å². The summed E-state index contributed by atoms with van der Waals surface area (Å²) in [6, 6.07) is 8.14. The molecule has 1 aromatic heterocycles. The molecular weight excluding hydrogens is 264 g/mol. The molecule has 2 aromatic rings. The molecule has 1 heterocycles. The van der Waals surface area contributed by atoms with Gasteiger partial charge in [0.05, 0.1) is 6.61 Å². The Kier molecular flexibility index (Phi) is 5.11. The van der Waals surface area contributed by atoms with Crippen molar-refractivity contribution in [1.29, 1.82) is 0 Å². The summed E-state index contributed by atoms with van der Waals surface area (Å²) >= 11 is 0. The van der Waals surface area contributed by atoms with Crippen LogP contribution in [0.25, 0.3) is 0 Å². The van der Waals surface area contributed by atoms with E-state index in [0.29, 0.717) is 12.6 Å². The number of nitrogens with zero attached hydrogens (tertiary/aromatic N) is 2. The van der Waals surface area contributed by atoms with Crippen LogP contribution in [0.5, 0.6) is 0 Å². The van der Waals surface area contributed by atoms with Crippen LogP contribution in [0.4, 0.5) is 17.5 Å². The molecule has 0 spiro atoms. The molecule has 0 atom stereocenters. The molecule has 1 aromatic carbocycles. The first-order valence-corrected chi connectivity index (χ1v) is 7.01. The normalized spacial score (nSPS) is 10.5. The maximum absolute atomic E-state index is 5.02. The van der Waals surface area contributed by atoms with Crippen LogP contribution in [0.3, 0.4) is 0 Å². The third kappa shape index (κ3) is 4.43. The quantitative estimate of drug-likeness (QED) is 0.799. The lowest BCUT2D eigenvalue weighted by atomic mass is 10.1. The lowest BCUT2D eigenvalue weighted by Crippen LogP contribution is -2.10. The second kappa shape index (κ2) is 7.04. The second-order valence-corrected chi connectivity index (χ2v) is 5.06. The van der Waals surface area contributed by atoms with E-state index in [4.69, 9.17) is 4.74 Å². The average Bonchev–Trinajstić information content (AvgIpc) is 2.43. The van der Waals surface area contributed by atoms with Crippen LogP contribution >= 0.6 is 0 Å². The minimum Gasteiger partial charge on any atom is -0.383 e. The molecule has 0 unspecified atom stereocenters. The zero-order chi connectivity index (χ0) is 15.2. The number of nitrogens with one attached hydrogen (secondary N) is 2. The lowest BCUT2D eigenvalue weighted by molar-refractivity contribution is 0.210. The van der Waals surface area contributed by atoms with E-state index in [0.717, 1.165) is 23.7 Å². The Morgan fingerprint density at radius 3 is 2.57 bits per heavy atom. The fraction of sp³-hybridized carbons (Fsp3) is 0.375. The van der Waals surface area contributed by atoms with Gasteiger partial charge < -0.3 is 15.4 Å². The topological polar surface area (TPSA) is 59.1 Å². The summed E-state index contributed by atoms with van der Waals surface area (Å²) in [5, 5.41) is 6.47. The maximum Gasteiger partial charge on any atom is 0.229 e. The van der Waals surface area contributed by atoms with Gasteiger partial charge in [0.1, 0.15) is 5.82 Å². The van der Waals surface area contributed by atoms with E-state index in [1.165, 1.54) is 11.1 Å². The molecule has 112 valence electrons. The molecule has 21 heavy (non-hydrogen) atoms. The molecule has 0 amide bonds. The van der Waals surface area contributed by atoms with Crippen molar-refractivity contribution in [3.63, 3.8) is 0 Å². The predicted molar refractivity (Wildman–Crippen MR) is 86.3 cm³/mol. The van der Waals surface area contributed by atoms with Crippen molar-refractivity contribution >= 4 is 17.5 Å². The Morgan fingerprint density at radius 2 is 1.86 bits per heavy atom. The zero-order valence-corrected chi connectivity index (χ0v) is 13.0. The Labute approximate surface area is 125 Å². The number of aromatic nitrogens is 2. The highest BCUT2D eigenvalue weighted by Crippen LogP contribution is 2.18. The van der Waals surface area contributed by atoms with Crippen molar-refractivity contribution in [2.45, 2.75) is 20.8 Å². The minimum atomic E-state index is 0.596. The molecule has 2 N–H and O–H groups in total. The monoisotopic (exact) mass is 286 g/mol. The molecule has 0 saturated heterocycles. The first-order valence-electron chi connectivity index (χ1n) is 7.01. The molecule has 2 rings (SSSR count). The van der Waals surface area contributed by atoms with Crippen LogP contribution in [0, 0.1) is 20.8 Å². The van der Waals surface area contributed by atoms with Gasteiger partial charge in [0.25, 0.3) is 0 Å². The average molecular weight is 286 g/mol. The molecule has 0 aliphatic rings. The fourth-order valence-electron chi connectivity index (χ4n) is 1.94. The standard InChI is InChI=1S/C16H22N4O/c1-11-5-6-14(9-12(11)2)19-16-18-13(3)10-15(20-16)17-7-8-21-4/h5-6,9-10H,7-8H2,1-4H3,(H2,17,18,19,20). The summed E-state index contributed by atoms with van der Waals surface area (Å²) in [6.07, 6.45) is 0. The largest absolute Gasteiger partial charge is 0.383 e. The molecular formula is C16H22N4O. The van der Waals surface area contributed by atoms with Crippen molar-refractivity contribution in [1.82, 2.24) is 9.97 Å². The van der Waals surface area contributed by atoms with Crippen molar-refractivity contribution in [3.05, 3.63) is 41.1 Å². The van der Waals surface area contributed by atoms with E-state index < -0.39 is 0 Å². The summed E-state index contributed by atoms with van der Waals surface area (Å²) < 4.78 is 5.02. The molecule has 0 aliphatic heterocycles. The first-order chi connectivity index (χ1) is 10.1. The van der Waals surface area contributed by atoms with Gasteiger partial charge in [-0.15, -0.1) is 0 Å². The molecule has 0 fully saturated rings. The number of hydrogen-bond donors (Lipinski definition) is 2. The van der Waals surface area contributed by atoms with Crippen molar-refractivity contribution < 1.29 is 4.74 Å². The summed E-state index contributed by atoms with van der Waals surface area (Å²) in [5.41, 5.74) is 4.42. The second-order valence-electron chi connectivity index (χ2n) is 5.06. The predicted octanol–water partition coefficient (Wildman–Crippen LogP) is 3.20. The third-order valence-corrected chi connectivity index (χ3v) is 3.23. The van der Waals surface area contributed by atoms with E-state index in [1.807, 2.05) is 19.1 Å². The number of aryl methyl sites for hydroxylation is 3. The van der Waals surface area contributed by atoms with E-state index in [2.05, 4.69) is 46.6 Å². The van der Waals surface area contributed by atoms with Crippen LogP contribution in [0.15, 0.2) is 24.3 Å². The summed E-state index contributed by atoms with van der Waals surface area (Å²) in [7, 11) is 1.68. The number of methoxy groups -OCH3 is 1. The molecule has 0 aliphatic carbocycles. The van der Waals surface area contributed by atoms with E-state index in [-0.39, 0.29) is 0 Å². The highest BCUT2D eigenvalue weighted by Gasteiger charge is 2.03. The van der Waals surface area contributed by atoms with Gasteiger partial charge in [0.2, 0.25) is 5.95 Å². The smallest absolute Gasteiger partial charge is 0.229 e. The maximum atomic E-state index is 5.02. The molecule has 0 saturated carbocycles. The van der Waals surface area contributed by atoms with Crippen LogP contribution in [0.2, 0.25) is 0 Å². The van der Waals surface area contributed by atoms with E-state index in [9.17, 15) is 0 Å². The van der Waals surface area contributed by atoms with Gasteiger partial charge in [0, 0.05) is 31.1 Å². The molecule has 5 heteroatoms. The van der Waals surface area contributed by atoms with Crippen LogP contribution in [-0.2, 0) is 4.74 Å². The number of anilines is 3. The van der Waals surface area contributed by atoms with Gasteiger partial charge in [-0.3, -0.25) is 0 Å². The lowest BCUT2D eigenvalue weighted by Gasteiger charge is -2.10. The number of benzene rings is 1. The first kappa shape index (κ1) is 15.3. The summed E-state index contributed by atoms with van der Waals surface area (Å²) in [5.74, 6) is 1.39. The van der Waals surface area contributed by atoms with Crippen LogP contribution in [0.1, 0.15) is 16.8 Å². The fourth-order valence-corrected chi connectivity index (χ4v) is 1.94. The van der Waals surface area contributed by atoms with Crippen molar-refractivity contribution in [2.24, 2.45) is 0 Å². The van der Waals surface area contributed by atoms with Crippen molar-refractivity contribution in [3.8, 4) is 0 Å². The number of ether oxygens (including phenoxy) is 1. The third-order valence-electron chi connectivity index (χ3n) is 3.23. The van der Waals surface area contributed by atoms with Crippen LogP contribution in [-0.4, -0.2) is 30.2 Å². The van der Waals surface area contributed by atoms with Gasteiger partial charge in [-0.25, -0.2) is 4.98 Å². The molecule has 0 radical (unpaired) electrons. The molecule has 0 bridgehead atoms. The molecule has 5 nitrogen and oxygen atoms in total. The Morgan fingerprint density at radius 1 is 1.05 bits per heavy atom. The van der Waals surface area contributed by atoms with E-state index in [1.54, 1.807) is 7.11 Å². The van der Waals surface area contributed by atoms with Gasteiger partial charge in [-0.1, -0.05) is 6.07 Å². The number of hydrogen-bond acceptors (Lipinski definition) is 5. The Hall–Kier alpha value is -2.14. The highest BCUT2D eigenvalue weighted by atomic mass is 16.5. The highest BCUT2D eigenvalue weighted by molar-refractivity contribution is 5.57. The number of rotatable bonds is 6. The zero-order valence-electron chi connectivity index (χ0n) is 13.0. The Balaban J connectivity index is 2.13. The SMILES string of the molecule is COCCNc1cc(C)nc(Nc2ccc(C)c(C)c2)n1. The van der Waals surface area contributed by atoms with Gasteiger partial charge in [-0.2, -0.15) is 4.98 Å². The minimum absolute atomic E-state index is 0.596. The van der Waals surface area contributed by atoms with Gasteiger partial charge >= 0.3 is 0 Å². The van der Waals surface area contributed by atoms with Crippen LogP contribution < -0.4 is 10.6 Å². The Bertz CT molecular complexity index is 613. The summed E-state index contributed by atoms with van der Waals surface area (Å²) in [4.78, 5) is 8.88. The van der Waals surface area contributed by atoms with E-state index >= 15 is 0 Å². The summed E-state index contributed by atoms with van der Waals surface area (Å²) in [6.45, 7) is 7.50. The van der Waals surface area contributed by atoms with Gasteiger partial charge in [0.15, 0.2) is 0 Å². The van der Waals surface area contributed by atoms with Gasteiger partial charge in [-0.05, 0) is 44.0 Å².